The number of ether oxygens (including phenoxy) is 2. The van der Waals surface area contributed by atoms with Crippen LogP contribution in [0.4, 0.5) is 0 Å². The van der Waals surface area contributed by atoms with Crippen LogP contribution in [0.1, 0.15) is 48.5 Å². The van der Waals surface area contributed by atoms with E-state index in [0.29, 0.717) is 52.1 Å². The first-order valence-corrected chi connectivity index (χ1v) is 20.3. The van der Waals surface area contributed by atoms with E-state index in [1.54, 1.807) is 35.9 Å². The van der Waals surface area contributed by atoms with Crippen molar-refractivity contribution in [2.45, 2.75) is 69.9 Å². The minimum Gasteiger partial charge on any atom is -0.381 e. The molecular weight excluding hydrogens is 741 g/mol. The van der Waals surface area contributed by atoms with Crippen LogP contribution in [0.15, 0.2) is 141 Å². The number of carbonyl (C=O) groups excluding carboxylic acids is 2. The van der Waals surface area contributed by atoms with Gasteiger partial charge in [0.05, 0.1) is 10.8 Å². The highest BCUT2D eigenvalue weighted by Crippen LogP contribution is 2.39. The minimum absolute atomic E-state index is 0.266. The molecule has 2 aromatic heterocycles. The van der Waals surface area contributed by atoms with Gasteiger partial charge in [0.2, 0.25) is 11.8 Å². The molecule has 0 aliphatic carbocycles. The summed E-state index contributed by atoms with van der Waals surface area (Å²) in [4.78, 5) is 37.6. The lowest BCUT2D eigenvalue weighted by atomic mass is 9.73. The maximum atomic E-state index is 12.3. The predicted octanol–water partition coefficient (Wildman–Crippen LogP) is 7.73. The van der Waals surface area contributed by atoms with Gasteiger partial charge in [-0.25, -0.2) is 9.97 Å². The molecule has 2 fully saturated rings. The number of imidazole rings is 2. The molecule has 8 rings (SSSR count). The van der Waals surface area contributed by atoms with Gasteiger partial charge in [0.15, 0.2) is 0 Å². The minimum atomic E-state index is -0.627. The Bertz CT molecular complexity index is 2110. The van der Waals surface area contributed by atoms with Crippen molar-refractivity contribution in [3.63, 3.8) is 0 Å². The summed E-state index contributed by atoms with van der Waals surface area (Å²) in [6, 6.07) is 33.1. The third-order valence-electron chi connectivity index (χ3n) is 10.8. The molecular formula is C44H46N6O4S2. The van der Waals surface area contributed by atoms with Gasteiger partial charge < -0.3 is 30.1 Å². The van der Waals surface area contributed by atoms with Gasteiger partial charge in [-0.2, -0.15) is 0 Å². The Morgan fingerprint density at radius 3 is 1.27 bits per heavy atom. The summed E-state index contributed by atoms with van der Waals surface area (Å²) >= 11 is 3.36. The summed E-state index contributed by atoms with van der Waals surface area (Å²) in [6.45, 7) is 6.23. The molecule has 0 saturated carbocycles. The molecule has 56 heavy (non-hydrogen) atoms. The maximum absolute atomic E-state index is 12.3. The van der Waals surface area contributed by atoms with E-state index >= 15 is 0 Å². The zero-order valence-electron chi connectivity index (χ0n) is 31.6. The predicted molar refractivity (Wildman–Crippen MR) is 220 cm³/mol. The average molecular weight is 787 g/mol. The van der Waals surface area contributed by atoms with Gasteiger partial charge in [-0.15, -0.1) is 0 Å². The molecule has 2 aliphatic rings. The number of primary amides is 2. The van der Waals surface area contributed by atoms with Crippen LogP contribution in [0.5, 0.6) is 0 Å². The largest absolute Gasteiger partial charge is 0.381 e. The molecule has 4 heterocycles. The Balaban J connectivity index is 0.000000172. The van der Waals surface area contributed by atoms with Crippen LogP contribution in [0.3, 0.4) is 0 Å². The molecule has 6 aromatic rings. The first-order chi connectivity index (χ1) is 27.2. The van der Waals surface area contributed by atoms with Crippen LogP contribution >= 0.6 is 23.5 Å². The Morgan fingerprint density at radius 2 is 0.946 bits per heavy atom. The van der Waals surface area contributed by atoms with Crippen molar-refractivity contribution in [3.05, 3.63) is 145 Å². The lowest BCUT2D eigenvalue weighted by Gasteiger charge is -2.34. The standard InChI is InChI=1S/2C22H23N3O2S/c2*1-16-24-11-12-25(16)18-5-7-19(8-6-18)28-20-4-2-3-17(15-20)22(21(23)26)9-13-27-14-10-22/h2*2-8,11-12,15H,9-10,13-14H2,1H3,(H2,23,26). The zero-order chi connectivity index (χ0) is 39.1. The molecule has 2 aliphatic heterocycles. The van der Waals surface area contributed by atoms with E-state index in [1.165, 1.54) is 0 Å². The summed E-state index contributed by atoms with van der Waals surface area (Å²) in [6.07, 6.45) is 10.1. The number of nitrogens with zero attached hydrogens (tertiary/aromatic N) is 4. The van der Waals surface area contributed by atoms with Crippen LogP contribution in [-0.4, -0.2) is 57.3 Å². The van der Waals surface area contributed by atoms with Crippen molar-refractivity contribution in [3.8, 4) is 11.4 Å². The summed E-state index contributed by atoms with van der Waals surface area (Å²) < 4.78 is 15.0. The fraction of sp³-hybridized carbons (Fsp3) is 0.273. The fourth-order valence-electron chi connectivity index (χ4n) is 7.43. The highest BCUT2D eigenvalue weighted by Gasteiger charge is 2.41. The molecule has 0 radical (unpaired) electrons. The van der Waals surface area contributed by atoms with Crippen molar-refractivity contribution in [2.75, 3.05) is 26.4 Å². The first-order valence-electron chi connectivity index (χ1n) is 18.7. The smallest absolute Gasteiger partial charge is 0.228 e. The number of carbonyl (C=O) groups is 2. The number of aromatic nitrogens is 4. The van der Waals surface area contributed by atoms with Gasteiger partial charge in [-0.1, -0.05) is 47.8 Å². The van der Waals surface area contributed by atoms with E-state index in [9.17, 15) is 9.59 Å². The molecule has 4 N–H and O–H groups in total. The van der Waals surface area contributed by atoms with Gasteiger partial charge in [0, 0.05) is 82.2 Å². The van der Waals surface area contributed by atoms with Gasteiger partial charge in [0.1, 0.15) is 11.6 Å². The Kier molecular flexibility index (Phi) is 12.1. The number of nitrogens with two attached hydrogens (primary N) is 2. The van der Waals surface area contributed by atoms with Crippen LogP contribution < -0.4 is 11.5 Å². The van der Waals surface area contributed by atoms with Crippen molar-refractivity contribution in [1.82, 2.24) is 19.1 Å². The zero-order valence-corrected chi connectivity index (χ0v) is 33.2. The number of rotatable bonds is 10. The second-order valence-electron chi connectivity index (χ2n) is 14.1. The molecule has 4 aromatic carbocycles. The topological polar surface area (TPSA) is 140 Å². The van der Waals surface area contributed by atoms with Crippen LogP contribution in [0, 0.1) is 13.8 Å². The molecule has 2 amide bonds. The summed E-state index contributed by atoms with van der Waals surface area (Å²) in [5, 5.41) is 0. The van der Waals surface area contributed by atoms with Crippen molar-refractivity contribution in [2.24, 2.45) is 11.5 Å². The summed E-state index contributed by atoms with van der Waals surface area (Å²) in [7, 11) is 0. The average Bonchev–Trinajstić information content (AvgIpc) is 3.87. The van der Waals surface area contributed by atoms with Gasteiger partial charge in [-0.3, -0.25) is 9.59 Å². The Morgan fingerprint density at radius 1 is 0.571 bits per heavy atom. The fourth-order valence-corrected chi connectivity index (χ4v) is 9.19. The van der Waals surface area contributed by atoms with Gasteiger partial charge in [-0.05, 0) is 123 Å². The Labute approximate surface area is 336 Å². The summed E-state index contributed by atoms with van der Waals surface area (Å²) in [5.41, 5.74) is 14.5. The maximum Gasteiger partial charge on any atom is 0.228 e. The lowest BCUT2D eigenvalue weighted by molar-refractivity contribution is -0.127. The SMILES string of the molecule is Cc1nccn1-c1ccc(Sc2cccc(C3(C(N)=O)CCOCC3)c2)cc1.Cc1nccn1-c1ccc(Sc2cccc(C3(C(N)=O)CCOCC3)c2)cc1. The lowest BCUT2D eigenvalue weighted by Crippen LogP contribution is -2.45. The molecule has 288 valence electrons. The number of aryl methyl sites for hydroxylation is 2. The van der Waals surface area contributed by atoms with Crippen molar-refractivity contribution < 1.29 is 19.1 Å². The molecule has 2 saturated heterocycles. The molecule has 10 nitrogen and oxygen atoms in total. The van der Waals surface area contributed by atoms with Gasteiger partial charge >= 0.3 is 0 Å². The van der Waals surface area contributed by atoms with Crippen LogP contribution in [0.25, 0.3) is 11.4 Å². The van der Waals surface area contributed by atoms with E-state index in [2.05, 4.69) is 91.9 Å². The number of amides is 2. The monoisotopic (exact) mass is 786 g/mol. The van der Waals surface area contributed by atoms with E-state index in [-0.39, 0.29) is 11.8 Å². The molecule has 0 atom stereocenters. The van der Waals surface area contributed by atoms with E-state index in [4.69, 9.17) is 20.9 Å². The number of hydrogen-bond acceptors (Lipinski definition) is 8. The normalized spacial score (nSPS) is 16.0. The quantitative estimate of drug-likeness (QED) is 0.144. The third-order valence-corrected chi connectivity index (χ3v) is 12.8. The number of hydrogen-bond donors (Lipinski definition) is 2. The van der Waals surface area contributed by atoms with E-state index in [1.807, 2.05) is 50.5 Å². The first kappa shape index (κ1) is 39.1. The molecule has 0 spiro atoms. The summed E-state index contributed by atoms with van der Waals surface area (Å²) in [5.74, 6) is 1.39. The second kappa shape index (κ2) is 17.3. The Hall–Kier alpha value is -5.14. The van der Waals surface area contributed by atoms with E-state index in [0.717, 1.165) is 53.7 Å². The van der Waals surface area contributed by atoms with Crippen molar-refractivity contribution in [1.29, 1.82) is 0 Å². The highest BCUT2D eigenvalue weighted by atomic mass is 32.2. The number of benzene rings is 4. The molecule has 12 heteroatoms. The van der Waals surface area contributed by atoms with E-state index < -0.39 is 10.8 Å². The third kappa shape index (κ3) is 8.48. The van der Waals surface area contributed by atoms with Crippen LogP contribution in [-0.2, 0) is 29.9 Å². The van der Waals surface area contributed by atoms with Gasteiger partial charge in [0.25, 0.3) is 0 Å². The second-order valence-corrected chi connectivity index (χ2v) is 16.3. The van der Waals surface area contributed by atoms with Crippen molar-refractivity contribution >= 4 is 35.3 Å². The molecule has 0 bridgehead atoms. The highest BCUT2D eigenvalue weighted by molar-refractivity contribution is 7.99. The van der Waals surface area contributed by atoms with Crippen LogP contribution in [0.2, 0.25) is 0 Å². The molecule has 0 unspecified atom stereocenters.